The van der Waals surface area contributed by atoms with E-state index in [4.69, 9.17) is 0 Å². The van der Waals surface area contributed by atoms with Gasteiger partial charge in [0.2, 0.25) is 0 Å². The van der Waals surface area contributed by atoms with E-state index in [2.05, 4.69) is 15.3 Å². The number of anilines is 1. The van der Waals surface area contributed by atoms with Gasteiger partial charge in [0.1, 0.15) is 22.5 Å². The fourth-order valence-electron chi connectivity index (χ4n) is 1.46. The molecule has 0 fully saturated rings. The van der Waals surface area contributed by atoms with E-state index in [1.165, 1.54) is 23.9 Å². The van der Waals surface area contributed by atoms with Crippen LogP contribution < -0.4 is 5.32 Å². The first-order chi connectivity index (χ1) is 8.71. The van der Waals surface area contributed by atoms with E-state index in [0.29, 0.717) is 0 Å². The standard InChI is InChI=1S/C13H14FN3S/c1-3-11-16-12(15-2)8-13(17-11)18-10-6-4-5-9(14)7-10/h4-8H,3H2,1-2H3,(H,15,16,17). The molecule has 2 rings (SSSR count). The van der Waals surface area contributed by atoms with Crippen LogP contribution in [0.25, 0.3) is 0 Å². The van der Waals surface area contributed by atoms with E-state index in [0.717, 1.165) is 28.0 Å². The summed E-state index contributed by atoms with van der Waals surface area (Å²) in [6.45, 7) is 2.01. The Morgan fingerprint density at radius 1 is 1.28 bits per heavy atom. The molecule has 2 aromatic rings. The molecule has 0 radical (unpaired) electrons. The molecule has 0 bridgehead atoms. The van der Waals surface area contributed by atoms with E-state index in [1.807, 2.05) is 26.1 Å². The molecule has 0 spiro atoms. The molecule has 5 heteroatoms. The number of rotatable bonds is 4. The third-order valence-corrected chi connectivity index (χ3v) is 3.25. The maximum atomic E-state index is 13.1. The van der Waals surface area contributed by atoms with Crippen LogP contribution in [0.2, 0.25) is 0 Å². The summed E-state index contributed by atoms with van der Waals surface area (Å²) in [6.07, 6.45) is 0.770. The quantitative estimate of drug-likeness (QED) is 0.858. The Morgan fingerprint density at radius 3 is 2.78 bits per heavy atom. The second-order valence-electron chi connectivity index (χ2n) is 3.67. The monoisotopic (exact) mass is 263 g/mol. The van der Waals surface area contributed by atoms with Crippen LogP contribution >= 0.6 is 11.8 Å². The van der Waals surface area contributed by atoms with E-state index in [-0.39, 0.29) is 5.82 Å². The zero-order valence-electron chi connectivity index (χ0n) is 10.3. The lowest BCUT2D eigenvalue weighted by atomic mass is 10.4. The predicted molar refractivity (Wildman–Crippen MR) is 71.5 cm³/mol. The van der Waals surface area contributed by atoms with Crippen molar-refractivity contribution in [3.8, 4) is 0 Å². The molecule has 0 unspecified atom stereocenters. The molecule has 1 N–H and O–H groups in total. The normalized spacial score (nSPS) is 10.4. The highest BCUT2D eigenvalue weighted by Crippen LogP contribution is 2.27. The first-order valence-corrected chi connectivity index (χ1v) is 6.52. The highest BCUT2D eigenvalue weighted by Gasteiger charge is 2.05. The second kappa shape index (κ2) is 5.82. The molecule has 0 aliphatic heterocycles. The third kappa shape index (κ3) is 3.20. The van der Waals surface area contributed by atoms with Crippen LogP contribution in [0.15, 0.2) is 40.3 Å². The molecule has 1 heterocycles. The van der Waals surface area contributed by atoms with Gasteiger partial charge in [-0.1, -0.05) is 24.8 Å². The van der Waals surface area contributed by atoms with Crippen LogP contribution in [0.3, 0.4) is 0 Å². The summed E-state index contributed by atoms with van der Waals surface area (Å²) in [5.74, 6) is 1.32. The van der Waals surface area contributed by atoms with Gasteiger partial charge in [-0.2, -0.15) is 0 Å². The minimum Gasteiger partial charge on any atom is -0.373 e. The van der Waals surface area contributed by atoms with Crippen LogP contribution in [0.5, 0.6) is 0 Å². The number of benzene rings is 1. The lowest BCUT2D eigenvalue weighted by Crippen LogP contribution is -2.00. The van der Waals surface area contributed by atoms with Crippen molar-refractivity contribution in [2.24, 2.45) is 0 Å². The Morgan fingerprint density at radius 2 is 2.11 bits per heavy atom. The molecule has 18 heavy (non-hydrogen) atoms. The average Bonchev–Trinajstić information content (AvgIpc) is 2.38. The van der Waals surface area contributed by atoms with Crippen molar-refractivity contribution >= 4 is 17.6 Å². The number of aryl methyl sites for hydroxylation is 1. The number of halogens is 1. The molecule has 1 aromatic carbocycles. The van der Waals surface area contributed by atoms with Crippen LogP contribution in [-0.2, 0) is 6.42 Å². The summed E-state index contributed by atoms with van der Waals surface area (Å²) >= 11 is 1.43. The summed E-state index contributed by atoms with van der Waals surface area (Å²) in [5, 5.41) is 3.82. The molecule has 0 saturated heterocycles. The molecule has 0 saturated carbocycles. The van der Waals surface area contributed by atoms with E-state index >= 15 is 0 Å². The number of hydrogen-bond donors (Lipinski definition) is 1. The smallest absolute Gasteiger partial charge is 0.131 e. The maximum absolute atomic E-state index is 13.1. The lowest BCUT2D eigenvalue weighted by molar-refractivity contribution is 0.624. The molecule has 0 amide bonds. The SMILES string of the molecule is CCc1nc(NC)cc(Sc2cccc(F)c2)n1. The van der Waals surface area contributed by atoms with Crippen molar-refractivity contribution in [3.05, 3.63) is 42.0 Å². The molecule has 1 aromatic heterocycles. The fraction of sp³-hybridized carbons (Fsp3) is 0.231. The van der Waals surface area contributed by atoms with Crippen LogP contribution in [0, 0.1) is 5.82 Å². The first-order valence-electron chi connectivity index (χ1n) is 5.70. The van der Waals surface area contributed by atoms with Gasteiger partial charge in [-0.25, -0.2) is 14.4 Å². The van der Waals surface area contributed by atoms with Crippen LogP contribution in [-0.4, -0.2) is 17.0 Å². The van der Waals surface area contributed by atoms with Crippen LogP contribution in [0.1, 0.15) is 12.7 Å². The van der Waals surface area contributed by atoms with E-state index in [9.17, 15) is 4.39 Å². The molecule has 0 aliphatic rings. The molecule has 3 nitrogen and oxygen atoms in total. The van der Waals surface area contributed by atoms with Gasteiger partial charge >= 0.3 is 0 Å². The van der Waals surface area contributed by atoms with Crippen molar-refractivity contribution in [3.63, 3.8) is 0 Å². The summed E-state index contributed by atoms with van der Waals surface area (Å²) in [7, 11) is 1.82. The van der Waals surface area contributed by atoms with Crippen molar-refractivity contribution in [2.75, 3.05) is 12.4 Å². The molecular formula is C13H14FN3S. The van der Waals surface area contributed by atoms with Gasteiger partial charge < -0.3 is 5.32 Å². The van der Waals surface area contributed by atoms with Gasteiger partial charge in [0.15, 0.2) is 0 Å². The Bertz CT molecular complexity index is 523. The molecular weight excluding hydrogens is 249 g/mol. The molecule has 0 aliphatic carbocycles. The van der Waals surface area contributed by atoms with Crippen molar-refractivity contribution in [1.82, 2.24) is 9.97 Å². The highest BCUT2D eigenvalue weighted by atomic mass is 32.2. The van der Waals surface area contributed by atoms with Gasteiger partial charge in [0, 0.05) is 24.4 Å². The van der Waals surface area contributed by atoms with E-state index < -0.39 is 0 Å². The van der Waals surface area contributed by atoms with Gasteiger partial charge in [-0.3, -0.25) is 0 Å². The van der Waals surface area contributed by atoms with Gasteiger partial charge in [0.05, 0.1) is 0 Å². The Kier molecular flexibility index (Phi) is 4.15. The molecule has 0 atom stereocenters. The van der Waals surface area contributed by atoms with Gasteiger partial charge in [-0.05, 0) is 18.2 Å². The largest absolute Gasteiger partial charge is 0.373 e. The Labute approximate surface area is 110 Å². The lowest BCUT2D eigenvalue weighted by Gasteiger charge is -2.06. The summed E-state index contributed by atoms with van der Waals surface area (Å²) in [4.78, 5) is 9.57. The highest BCUT2D eigenvalue weighted by molar-refractivity contribution is 7.99. The second-order valence-corrected chi connectivity index (χ2v) is 4.76. The zero-order chi connectivity index (χ0) is 13.0. The van der Waals surface area contributed by atoms with Gasteiger partial charge in [-0.15, -0.1) is 0 Å². The fourth-order valence-corrected chi connectivity index (χ4v) is 2.34. The topological polar surface area (TPSA) is 37.8 Å². The molecule has 94 valence electrons. The number of nitrogens with zero attached hydrogens (tertiary/aromatic N) is 2. The average molecular weight is 263 g/mol. The maximum Gasteiger partial charge on any atom is 0.131 e. The van der Waals surface area contributed by atoms with Gasteiger partial charge in [0.25, 0.3) is 0 Å². The van der Waals surface area contributed by atoms with Crippen molar-refractivity contribution in [1.29, 1.82) is 0 Å². The predicted octanol–water partition coefficient (Wildman–Crippen LogP) is 3.37. The Hall–Kier alpha value is -1.62. The third-order valence-electron chi connectivity index (χ3n) is 2.34. The minimum absolute atomic E-state index is 0.237. The van der Waals surface area contributed by atoms with Crippen molar-refractivity contribution in [2.45, 2.75) is 23.3 Å². The number of aromatic nitrogens is 2. The first kappa shape index (κ1) is 12.8. The number of nitrogens with one attached hydrogen (secondary N) is 1. The zero-order valence-corrected chi connectivity index (χ0v) is 11.1. The minimum atomic E-state index is -0.237. The summed E-state index contributed by atoms with van der Waals surface area (Å²) in [6, 6.07) is 8.34. The summed E-state index contributed by atoms with van der Waals surface area (Å²) in [5.41, 5.74) is 0. The Balaban J connectivity index is 2.28. The van der Waals surface area contributed by atoms with Crippen LogP contribution in [0.4, 0.5) is 10.2 Å². The summed E-state index contributed by atoms with van der Waals surface area (Å²) < 4.78 is 13.1. The van der Waals surface area contributed by atoms with Crippen molar-refractivity contribution < 1.29 is 4.39 Å². The number of hydrogen-bond acceptors (Lipinski definition) is 4. The van der Waals surface area contributed by atoms with E-state index in [1.54, 1.807) is 6.07 Å².